The molecule has 0 spiro atoms. The van der Waals surface area contributed by atoms with Gasteiger partial charge in [0.1, 0.15) is 5.82 Å². The minimum absolute atomic E-state index is 0.0234. The zero-order valence-corrected chi connectivity index (χ0v) is 13.3. The molecule has 0 saturated heterocycles. The third kappa shape index (κ3) is 4.09. The van der Waals surface area contributed by atoms with Gasteiger partial charge in [0.2, 0.25) is 0 Å². The Morgan fingerprint density at radius 1 is 1.24 bits per heavy atom. The van der Waals surface area contributed by atoms with E-state index in [1.807, 2.05) is 12.1 Å². The highest BCUT2D eigenvalue weighted by molar-refractivity contribution is 9.10. The Morgan fingerprint density at radius 2 is 1.90 bits per heavy atom. The summed E-state index contributed by atoms with van der Waals surface area (Å²) >= 11 is 8.00. The van der Waals surface area contributed by atoms with Crippen LogP contribution in [0, 0.1) is 5.82 Å². The highest BCUT2D eigenvalue weighted by Gasteiger charge is 2.15. The number of amides is 1. The van der Waals surface area contributed by atoms with Crippen molar-refractivity contribution in [3.8, 4) is 0 Å². The first kappa shape index (κ1) is 15.6. The van der Waals surface area contributed by atoms with Crippen LogP contribution >= 0.6 is 28.1 Å². The van der Waals surface area contributed by atoms with Crippen LogP contribution in [0.15, 0.2) is 46.9 Å². The number of carbonyl (C=O) groups is 1. The van der Waals surface area contributed by atoms with E-state index in [1.165, 1.54) is 12.1 Å². The van der Waals surface area contributed by atoms with Gasteiger partial charge in [-0.05, 0) is 45.8 Å². The fraction of sp³-hybridized carbons (Fsp3) is 0.0667. The van der Waals surface area contributed by atoms with Gasteiger partial charge in [-0.15, -0.1) is 0 Å². The van der Waals surface area contributed by atoms with Gasteiger partial charge in [-0.3, -0.25) is 4.79 Å². The van der Waals surface area contributed by atoms with Crippen LogP contribution in [0.25, 0.3) is 0 Å². The molecular weight excluding hydrogens is 355 g/mol. The maximum absolute atomic E-state index is 13.7. The molecule has 1 amide bonds. The van der Waals surface area contributed by atoms with E-state index in [9.17, 15) is 9.18 Å². The summed E-state index contributed by atoms with van der Waals surface area (Å²) in [6.07, 6.45) is 0.502. The summed E-state index contributed by atoms with van der Waals surface area (Å²) < 4.78 is 14.1. The third-order valence-corrected chi connectivity index (χ3v) is 3.59. The standard InChI is InChI=1S/C15H12BrFN2OS/c16-11-2-1-3-12(17)14(11)15(20)19-10-6-4-9(5-7-10)8-13(18)21/h1-7H,8H2,(H2,18,21)(H,19,20). The van der Waals surface area contributed by atoms with E-state index >= 15 is 0 Å². The Hall–Kier alpha value is -1.79. The van der Waals surface area contributed by atoms with E-state index in [0.29, 0.717) is 21.6 Å². The van der Waals surface area contributed by atoms with Gasteiger partial charge in [-0.25, -0.2) is 4.39 Å². The lowest BCUT2D eigenvalue weighted by molar-refractivity contribution is 0.102. The summed E-state index contributed by atoms with van der Waals surface area (Å²) in [5.41, 5.74) is 6.97. The molecule has 3 N–H and O–H groups in total. The molecule has 0 fully saturated rings. The van der Waals surface area contributed by atoms with E-state index in [1.54, 1.807) is 18.2 Å². The van der Waals surface area contributed by atoms with E-state index in [-0.39, 0.29) is 5.56 Å². The molecule has 2 aromatic rings. The monoisotopic (exact) mass is 366 g/mol. The smallest absolute Gasteiger partial charge is 0.259 e. The van der Waals surface area contributed by atoms with Gasteiger partial charge in [0.05, 0.1) is 10.6 Å². The van der Waals surface area contributed by atoms with Crippen molar-refractivity contribution in [2.24, 2.45) is 5.73 Å². The number of nitrogens with two attached hydrogens (primary N) is 1. The van der Waals surface area contributed by atoms with Crippen LogP contribution in [0.2, 0.25) is 0 Å². The Kier molecular flexibility index (Phi) is 5.03. The van der Waals surface area contributed by atoms with Crippen LogP contribution in [0.1, 0.15) is 15.9 Å². The molecule has 2 rings (SSSR count). The van der Waals surface area contributed by atoms with Crippen LogP contribution in [0.4, 0.5) is 10.1 Å². The maximum Gasteiger partial charge on any atom is 0.259 e. The van der Waals surface area contributed by atoms with Gasteiger partial charge in [0.15, 0.2) is 0 Å². The fourth-order valence-corrected chi connectivity index (χ4v) is 2.50. The molecule has 0 aliphatic rings. The first-order chi connectivity index (χ1) is 9.97. The van der Waals surface area contributed by atoms with Gasteiger partial charge >= 0.3 is 0 Å². The number of anilines is 1. The first-order valence-electron chi connectivity index (χ1n) is 6.10. The van der Waals surface area contributed by atoms with Gasteiger partial charge < -0.3 is 11.1 Å². The summed E-state index contributed by atoms with van der Waals surface area (Å²) in [6, 6.07) is 11.5. The topological polar surface area (TPSA) is 55.1 Å². The second-order valence-electron chi connectivity index (χ2n) is 4.39. The molecule has 0 aliphatic carbocycles. The zero-order chi connectivity index (χ0) is 15.4. The number of carbonyl (C=O) groups excluding carboxylic acids is 1. The second-order valence-corrected chi connectivity index (χ2v) is 5.77. The zero-order valence-electron chi connectivity index (χ0n) is 10.9. The quantitative estimate of drug-likeness (QED) is 0.811. The average Bonchev–Trinajstić information content (AvgIpc) is 2.40. The van der Waals surface area contributed by atoms with E-state index in [4.69, 9.17) is 18.0 Å². The molecule has 6 heteroatoms. The minimum atomic E-state index is -0.577. The van der Waals surface area contributed by atoms with Gasteiger partial charge in [-0.1, -0.05) is 30.4 Å². The summed E-state index contributed by atoms with van der Waals surface area (Å²) in [5.74, 6) is -1.09. The molecule has 0 unspecified atom stereocenters. The van der Waals surface area contributed by atoms with Gasteiger partial charge in [0, 0.05) is 16.6 Å². The van der Waals surface area contributed by atoms with E-state index in [0.717, 1.165) is 5.56 Å². The highest BCUT2D eigenvalue weighted by Crippen LogP contribution is 2.21. The maximum atomic E-state index is 13.7. The highest BCUT2D eigenvalue weighted by atomic mass is 79.9. The molecule has 21 heavy (non-hydrogen) atoms. The van der Waals surface area contributed by atoms with Crippen molar-refractivity contribution in [3.63, 3.8) is 0 Å². The molecule has 0 heterocycles. The average molecular weight is 367 g/mol. The van der Waals surface area contributed by atoms with Crippen LogP contribution < -0.4 is 11.1 Å². The minimum Gasteiger partial charge on any atom is -0.393 e. The molecule has 0 aromatic heterocycles. The molecule has 0 saturated carbocycles. The third-order valence-electron chi connectivity index (χ3n) is 2.78. The Morgan fingerprint density at radius 3 is 2.48 bits per heavy atom. The molecule has 0 radical (unpaired) electrons. The van der Waals surface area contributed by atoms with Crippen molar-refractivity contribution in [2.75, 3.05) is 5.32 Å². The van der Waals surface area contributed by atoms with Crippen molar-refractivity contribution in [2.45, 2.75) is 6.42 Å². The van der Waals surface area contributed by atoms with E-state index in [2.05, 4.69) is 21.2 Å². The van der Waals surface area contributed by atoms with Crippen LogP contribution in [-0.4, -0.2) is 10.9 Å². The van der Waals surface area contributed by atoms with Crippen LogP contribution in [0.5, 0.6) is 0 Å². The van der Waals surface area contributed by atoms with Crippen molar-refractivity contribution in [1.29, 1.82) is 0 Å². The lowest BCUT2D eigenvalue weighted by Crippen LogP contribution is -2.15. The van der Waals surface area contributed by atoms with Crippen molar-refractivity contribution in [1.82, 2.24) is 0 Å². The van der Waals surface area contributed by atoms with Crippen molar-refractivity contribution >= 4 is 44.7 Å². The predicted octanol–water partition coefficient (Wildman–Crippen LogP) is 3.67. The fourth-order valence-electron chi connectivity index (χ4n) is 1.82. The number of rotatable bonds is 4. The Balaban J connectivity index is 2.14. The summed E-state index contributed by atoms with van der Waals surface area (Å²) in [5, 5.41) is 2.65. The normalized spacial score (nSPS) is 10.2. The Labute approximate surface area is 135 Å². The summed E-state index contributed by atoms with van der Waals surface area (Å²) in [4.78, 5) is 12.5. The van der Waals surface area contributed by atoms with Gasteiger partial charge in [0.25, 0.3) is 5.91 Å². The number of thiocarbonyl (C=S) groups is 1. The van der Waals surface area contributed by atoms with Crippen LogP contribution in [-0.2, 0) is 6.42 Å². The number of hydrogen-bond donors (Lipinski definition) is 2. The lowest BCUT2D eigenvalue weighted by Gasteiger charge is -2.08. The molecule has 0 aliphatic heterocycles. The first-order valence-corrected chi connectivity index (χ1v) is 7.30. The molecule has 0 bridgehead atoms. The number of benzene rings is 2. The van der Waals surface area contributed by atoms with E-state index < -0.39 is 11.7 Å². The Bertz CT molecular complexity index is 668. The van der Waals surface area contributed by atoms with Crippen LogP contribution in [0.3, 0.4) is 0 Å². The number of nitrogens with one attached hydrogen (secondary N) is 1. The number of halogens is 2. The molecule has 108 valence electrons. The second kappa shape index (κ2) is 6.78. The largest absolute Gasteiger partial charge is 0.393 e. The molecule has 0 atom stereocenters. The summed E-state index contributed by atoms with van der Waals surface area (Å²) in [7, 11) is 0. The number of hydrogen-bond acceptors (Lipinski definition) is 2. The van der Waals surface area contributed by atoms with Crippen molar-refractivity contribution in [3.05, 3.63) is 63.9 Å². The predicted molar refractivity (Wildman–Crippen MR) is 89.0 cm³/mol. The molecule has 3 nitrogen and oxygen atoms in total. The lowest BCUT2D eigenvalue weighted by atomic mass is 10.1. The SMILES string of the molecule is NC(=S)Cc1ccc(NC(=O)c2c(F)cccc2Br)cc1. The summed E-state index contributed by atoms with van der Waals surface area (Å²) in [6.45, 7) is 0. The molecule has 2 aromatic carbocycles. The molecular formula is C15H12BrFN2OS. The van der Waals surface area contributed by atoms with Gasteiger partial charge in [-0.2, -0.15) is 0 Å². The van der Waals surface area contributed by atoms with Crippen molar-refractivity contribution < 1.29 is 9.18 Å².